The fourth-order valence-electron chi connectivity index (χ4n) is 0.711. The van der Waals surface area contributed by atoms with Gasteiger partial charge >= 0.3 is 0 Å². The zero-order valence-corrected chi connectivity index (χ0v) is 7.48. The van der Waals surface area contributed by atoms with Gasteiger partial charge in [-0.05, 0) is 11.1 Å². The fraction of sp³-hybridized carbons (Fsp3) is 0.667. The van der Waals surface area contributed by atoms with Crippen LogP contribution in [0, 0.1) is 5.92 Å². The van der Waals surface area contributed by atoms with Gasteiger partial charge < -0.3 is 5.73 Å². The first kappa shape index (κ1) is 9.59. The van der Waals surface area contributed by atoms with Gasteiger partial charge in [0.05, 0.1) is 6.04 Å². The molecule has 0 saturated heterocycles. The number of hydrogen-bond donors (Lipinski definition) is 3. The number of nitrogens with one attached hydrogen (secondary N) is 2. The largest absolute Gasteiger partial charge is 0.320 e. The Balaban J connectivity index is 2.51. The van der Waals surface area contributed by atoms with Crippen LogP contribution in [0.1, 0.15) is 13.8 Å². The Morgan fingerprint density at radius 3 is 2.77 bits per heavy atom. The minimum Gasteiger partial charge on any atom is -0.320 e. The van der Waals surface area contributed by atoms with Crippen molar-refractivity contribution in [2.45, 2.75) is 19.9 Å². The number of H-pyrrole nitrogens is 1. The standard InChI is InChI=1S/C6H12N6O/c1-3(2)4(7)5(13)8-6-9-11-12-10-6/h3-4H,7H2,1-2H3,(H2,8,9,10,11,12,13)/t4-/m0/s1. The van der Waals surface area contributed by atoms with Gasteiger partial charge in [0.15, 0.2) is 0 Å². The summed E-state index contributed by atoms with van der Waals surface area (Å²) in [5.41, 5.74) is 5.58. The van der Waals surface area contributed by atoms with E-state index in [-0.39, 0.29) is 17.8 Å². The Kier molecular flexibility index (Phi) is 2.91. The lowest BCUT2D eigenvalue weighted by Crippen LogP contribution is -2.40. The van der Waals surface area contributed by atoms with E-state index in [1.165, 1.54) is 0 Å². The van der Waals surface area contributed by atoms with Crippen molar-refractivity contribution >= 4 is 11.9 Å². The highest BCUT2D eigenvalue weighted by atomic mass is 16.2. The molecule has 7 nitrogen and oxygen atoms in total. The van der Waals surface area contributed by atoms with E-state index in [0.717, 1.165) is 0 Å². The number of tetrazole rings is 1. The molecule has 7 heteroatoms. The number of aromatic amines is 1. The van der Waals surface area contributed by atoms with Crippen molar-refractivity contribution in [2.24, 2.45) is 11.7 Å². The number of nitrogens with two attached hydrogens (primary N) is 1. The summed E-state index contributed by atoms with van der Waals surface area (Å²) in [4.78, 5) is 11.3. The van der Waals surface area contributed by atoms with Gasteiger partial charge in [-0.2, -0.15) is 5.21 Å². The van der Waals surface area contributed by atoms with Crippen molar-refractivity contribution in [3.63, 3.8) is 0 Å². The first-order valence-electron chi connectivity index (χ1n) is 3.91. The molecular weight excluding hydrogens is 172 g/mol. The minimum absolute atomic E-state index is 0.0758. The average molecular weight is 184 g/mol. The first-order chi connectivity index (χ1) is 6.11. The number of anilines is 1. The van der Waals surface area contributed by atoms with Gasteiger partial charge in [0.1, 0.15) is 0 Å². The highest BCUT2D eigenvalue weighted by Crippen LogP contribution is 2.00. The topological polar surface area (TPSA) is 110 Å². The minimum atomic E-state index is -0.557. The number of carbonyl (C=O) groups is 1. The SMILES string of the molecule is CC(C)[C@H](N)C(=O)Nc1nn[nH]n1. The highest BCUT2D eigenvalue weighted by molar-refractivity contribution is 5.93. The Hall–Kier alpha value is -1.50. The maximum atomic E-state index is 11.3. The van der Waals surface area contributed by atoms with Gasteiger partial charge in [0.2, 0.25) is 5.91 Å². The number of rotatable bonds is 3. The number of nitrogens with zero attached hydrogens (tertiary/aromatic N) is 3. The predicted octanol–water partition coefficient (Wildman–Crippen LogP) is -0.878. The highest BCUT2D eigenvalue weighted by Gasteiger charge is 2.18. The lowest BCUT2D eigenvalue weighted by molar-refractivity contribution is -0.118. The third kappa shape index (κ3) is 2.48. The van der Waals surface area contributed by atoms with Crippen LogP contribution in [-0.2, 0) is 4.79 Å². The Bertz CT molecular complexity index is 269. The second-order valence-corrected chi connectivity index (χ2v) is 2.99. The van der Waals surface area contributed by atoms with Crippen LogP contribution >= 0.6 is 0 Å². The molecule has 13 heavy (non-hydrogen) atoms. The zero-order valence-electron chi connectivity index (χ0n) is 7.48. The number of aromatic nitrogens is 4. The summed E-state index contributed by atoms with van der Waals surface area (Å²) in [5, 5.41) is 15.1. The number of amides is 1. The molecular formula is C6H12N6O. The number of hydrogen-bond acceptors (Lipinski definition) is 5. The maximum Gasteiger partial charge on any atom is 0.269 e. The van der Waals surface area contributed by atoms with Gasteiger partial charge in [-0.15, -0.1) is 5.10 Å². The van der Waals surface area contributed by atoms with Gasteiger partial charge in [0.25, 0.3) is 5.95 Å². The zero-order chi connectivity index (χ0) is 9.84. The Morgan fingerprint density at radius 2 is 2.31 bits per heavy atom. The maximum absolute atomic E-state index is 11.3. The second-order valence-electron chi connectivity index (χ2n) is 2.99. The van der Waals surface area contributed by atoms with E-state index in [2.05, 4.69) is 25.9 Å². The van der Waals surface area contributed by atoms with Crippen LogP contribution in [0.3, 0.4) is 0 Å². The van der Waals surface area contributed by atoms with Crippen molar-refractivity contribution in [1.82, 2.24) is 20.6 Å². The molecule has 0 radical (unpaired) electrons. The lowest BCUT2D eigenvalue weighted by atomic mass is 10.1. The van der Waals surface area contributed by atoms with E-state index in [0.29, 0.717) is 0 Å². The van der Waals surface area contributed by atoms with Crippen molar-refractivity contribution in [3.05, 3.63) is 0 Å². The normalized spacial score (nSPS) is 12.9. The summed E-state index contributed by atoms with van der Waals surface area (Å²) in [5.74, 6) is -0.0931. The summed E-state index contributed by atoms with van der Waals surface area (Å²) >= 11 is 0. The molecule has 1 rings (SSSR count). The monoisotopic (exact) mass is 184 g/mol. The van der Waals surface area contributed by atoms with Crippen LogP contribution < -0.4 is 11.1 Å². The van der Waals surface area contributed by atoms with Gasteiger partial charge in [0, 0.05) is 0 Å². The van der Waals surface area contributed by atoms with Crippen LogP contribution in [0.2, 0.25) is 0 Å². The summed E-state index contributed by atoms with van der Waals surface area (Å²) in [6, 6.07) is -0.557. The van der Waals surface area contributed by atoms with Gasteiger partial charge in [-0.25, -0.2) is 0 Å². The molecule has 1 heterocycles. The molecule has 0 fully saturated rings. The Labute approximate surface area is 75.1 Å². The van der Waals surface area contributed by atoms with E-state index in [1.807, 2.05) is 13.8 Å². The van der Waals surface area contributed by atoms with Crippen LogP contribution in [0.15, 0.2) is 0 Å². The van der Waals surface area contributed by atoms with Gasteiger partial charge in [-0.1, -0.05) is 18.9 Å². The molecule has 4 N–H and O–H groups in total. The second kappa shape index (κ2) is 3.94. The molecule has 72 valence electrons. The van der Waals surface area contributed by atoms with E-state index in [1.54, 1.807) is 0 Å². The summed E-state index contributed by atoms with van der Waals surface area (Å²) < 4.78 is 0. The van der Waals surface area contributed by atoms with Crippen molar-refractivity contribution in [1.29, 1.82) is 0 Å². The smallest absolute Gasteiger partial charge is 0.269 e. The van der Waals surface area contributed by atoms with E-state index < -0.39 is 6.04 Å². The molecule has 0 aliphatic carbocycles. The molecule has 1 atom stereocenters. The molecule has 1 aromatic rings. The lowest BCUT2D eigenvalue weighted by Gasteiger charge is -2.12. The summed E-state index contributed by atoms with van der Waals surface area (Å²) in [7, 11) is 0. The van der Waals surface area contributed by atoms with E-state index in [4.69, 9.17) is 5.73 Å². The molecule has 1 aromatic heterocycles. The molecule has 0 bridgehead atoms. The van der Waals surface area contributed by atoms with Crippen LogP contribution in [-0.4, -0.2) is 32.6 Å². The fourth-order valence-corrected chi connectivity index (χ4v) is 0.711. The summed E-state index contributed by atoms with van der Waals surface area (Å²) in [6.45, 7) is 3.72. The molecule has 0 unspecified atom stereocenters. The van der Waals surface area contributed by atoms with E-state index >= 15 is 0 Å². The van der Waals surface area contributed by atoms with Crippen molar-refractivity contribution in [3.8, 4) is 0 Å². The summed E-state index contributed by atoms with van der Waals surface area (Å²) in [6.07, 6.45) is 0. The Morgan fingerprint density at radius 1 is 1.62 bits per heavy atom. The van der Waals surface area contributed by atoms with Crippen molar-refractivity contribution in [2.75, 3.05) is 5.32 Å². The average Bonchev–Trinajstić information content (AvgIpc) is 2.55. The quantitative estimate of drug-likeness (QED) is 0.565. The van der Waals surface area contributed by atoms with E-state index in [9.17, 15) is 4.79 Å². The van der Waals surface area contributed by atoms with Gasteiger partial charge in [-0.3, -0.25) is 10.1 Å². The molecule has 0 aliphatic heterocycles. The van der Waals surface area contributed by atoms with Crippen LogP contribution in [0.25, 0.3) is 0 Å². The van der Waals surface area contributed by atoms with Crippen LogP contribution in [0.5, 0.6) is 0 Å². The molecule has 0 saturated carbocycles. The number of carbonyl (C=O) groups excluding carboxylic acids is 1. The third-order valence-electron chi connectivity index (χ3n) is 1.60. The molecule has 0 aliphatic rings. The first-order valence-corrected chi connectivity index (χ1v) is 3.91. The molecule has 0 spiro atoms. The molecule has 1 amide bonds. The third-order valence-corrected chi connectivity index (χ3v) is 1.60. The van der Waals surface area contributed by atoms with Crippen molar-refractivity contribution < 1.29 is 4.79 Å². The van der Waals surface area contributed by atoms with Crippen LogP contribution in [0.4, 0.5) is 5.95 Å². The predicted molar refractivity (Wildman–Crippen MR) is 45.6 cm³/mol. The molecule has 0 aromatic carbocycles.